The Morgan fingerprint density at radius 3 is 1.77 bits per heavy atom. The molecular formula is C12H28Sn. The Hall–Kier alpha value is 0.799. The van der Waals surface area contributed by atoms with Crippen LogP contribution in [0, 0.1) is 0 Å². The Labute approximate surface area is 115 Å². The van der Waals surface area contributed by atoms with E-state index in [1.165, 1.54) is 13.8 Å². The van der Waals surface area contributed by atoms with Crippen molar-refractivity contribution < 1.29 is 24.7 Å². The van der Waals surface area contributed by atoms with Crippen LogP contribution in [0.5, 0.6) is 0 Å². The molecule has 0 aliphatic carbocycles. The Balaban J connectivity index is 7.25. The molecule has 0 saturated heterocycles. The van der Waals surface area contributed by atoms with Gasteiger partial charge in [-0.05, 0) is 0 Å². The first-order valence-electron chi connectivity index (χ1n) is 13.1. The molecule has 0 rings (SSSR count). The van der Waals surface area contributed by atoms with Crippen molar-refractivity contribution in [1.82, 2.24) is 0 Å². The molecule has 0 aromatic carbocycles. The molecule has 0 nitrogen and oxygen atoms in total. The summed E-state index contributed by atoms with van der Waals surface area (Å²) >= 11 is -5.95. The molecule has 0 aromatic rings. The van der Waals surface area contributed by atoms with Crippen LogP contribution in [-0.2, 0) is 0 Å². The molecule has 13 heavy (non-hydrogen) atoms. The third kappa shape index (κ3) is 5.29. The van der Waals surface area contributed by atoms with Gasteiger partial charge in [-0.1, -0.05) is 0 Å². The fraction of sp³-hybridized carbons (Fsp3) is 1.00. The third-order valence-electron chi connectivity index (χ3n) is 1.94. The second-order valence-corrected chi connectivity index (χ2v) is 14.2. The summed E-state index contributed by atoms with van der Waals surface area (Å²) in [7, 11) is 0. The van der Waals surface area contributed by atoms with Crippen LogP contribution >= 0.6 is 0 Å². The van der Waals surface area contributed by atoms with Crippen molar-refractivity contribution in [3.63, 3.8) is 0 Å². The van der Waals surface area contributed by atoms with E-state index in [0.717, 1.165) is 0 Å². The van der Waals surface area contributed by atoms with Gasteiger partial charge in [0.1, 0.15) is 0 Å². The topological polar surface area (TPSA) is 0 Å². The van der Waals surface area contributed by atoms with Gasteiger partial charge in [0.25, 0.3) is 0 Å². The summed E-state index contributed by atoms with van der Waals surface area (Å²) in [5.74, 6) is 0. The van der Waals surface area contributed by atoms with Crippen LogP contribution in [0.15, 0.2) is 0 Å². The molecule has 0 fully saturated rings. The maximum absolute atomic E-state index is 8.49. The average molecular weight is 309 g/mol. The monoisotopic (exact) mass is 310 g/mol. The fourth-order valence-electron chi connectivity index (χ4n) is 0.937. The summed E-state index contributed by atoms with van der Waals surface area (Å²) < 4.78 is 133. The van der Waals surface area contributed by atoms with Crippen LogP contribution in [0.4, 0.5) is 0 Å². The molecule has 0 radical (unpaired) electrons. The zero-order valence-corrected chi connectivity index (χ0v) is 10.8. The SMILES string of the molecule is [2H]C([2H])([2H])C([2H])([2H])C([2H])([2H])[C]([2H])([2H])[Sn]([CH2]C)([CH2]C)[C]([2H])([2H])C([2H])([2H])C([2H])([2H])C([2H])([2H])[2H]. The first-order chi connectivity index (χ1) is 13.1. The Morgan fingerprint density at radius 2 is 1.46 bits per heavy atom. The van der Waals surface area contributed by atoms with Gasteiger partial charge in [-0.3, -0.25) is 0 Å². The molecule has 0 aromatic heterocycles. The van der Waals surface area contributed by atoms with E-state index < -0.39 is 75.2 Å². The molecule has 0 spiro atoms. The van der Waals surface area contributed by atoms with Crippen LogP contribution in [0.1, 0.15) is 77.7 Å². The van der Waals surface area contributed by atoms with E-state index in [4.69, 9.17) is 24.7 Å². The van der Waals surface area contributed by atoms with Crippen LogP contribution in [0.25, 0.3) is 0 Å². The van der Waals surface area contributed by atoms with Crippen LogP contribution < -0.4 is 0 Å². The molecular weight excluding hydrogens is 263 g/mol. The summed E-state index contributed by atoms with van der Waals surface area (Å²) in [4.78, 5) is 0. The average Bonchev–Trinajstić information content (AvgIpc) is 2.53. The molecule has 0 aliphatic heterocycles. The molecule has 80 valence electrons. The van der Waals surface area contributed by atoms with Gasteiger partial charge in [0.15, 0.2) is 0 Å². The predicted molar refractivity (Wildman–Crippen MR) is 66.1 cm³/mol. The molecule has 0 heterocycles. The Kier molecular flexibility index (Phi) is 1.49. The van der Waals surface area contributed by atoms with Crippen molar-refractivity contribution in [3.8, 4) is 0 Å². The third-order valence-corrected chi connectivity index (χ3v) is 12.3. The van der Waals surface area contributed by atoms with Crippen LogP contribution in [0.2, 0.25) is 17.7 Å². The van der Waals surface area contributed by atoms with Gasteiger partial charge in [-0.2, -0.15) is 0 Å². The van der Waals surface area contributed by atoms with Crippen LogP contribution in [-0.4, -0.2) is 18.4 Å². The van der Waals surface area contributed by atoms with Gasteiger partial charge < -0.3 is 0 Å². The number of hydrogen-bond acceptors (Lipinski definition) is 0. The summed E-state index contributed by atoms with van der Waals surface area (Å²) in [6.07, 6.45) is -15.3. The molecule has 0 atom stereocenters. The van der Waals surface area contributed by atoms with E-state index in [2.05, 4.69) is 0 Å². The second kappa shape index (κ2) is 8.14. The van der Waals surface area contributed by atoms with Gasteiger partial charge in [-0.25, -0.2) is 0 Å². The summed E-state index contributed by atoms with van der Waals surface area (Å²) in [5.41, 5.74) is 0. The summed E-state index contributed by atoms with van der Waals surface area (Å²) in [6.45, 7) is -4.86. The van der Waals surface area contributed by atoms with Crippen LogP contribution in [0.3, 0.4) is 0 Å². The molecule has 0 amide bonds. The van der Waals surface area contributed by atoms with Gasteiger partial charge in [0.05, 0.1) is 0 Å². The van der Waals surface area contributed by atoms with E-state index in [1.54, 1.807) is 0 Å². The first kappa shape index (κ1) is 2.38. The van der Waals surface area contributed by atoms with Crippen molar-refractivity contribution in [3.05, 3.63) is 0 Å². The van der Waals surface area contributed by atoms with E-state index in [-0.39, 0.29) is 0 Å². The molecule has 0 unspecified atom stereocenters. The van der Waals surface area contributed by atoms with Gasteiger partial charge >= 0.3 is 114 Å². The van der Waals surface area contributed by atoms with E-state index in [0.29, 0.717) is 0 Å². The van der Waals surface area contributed by atoms with E-state index in [1.807, 2.05) is 0 Å². The van der Waals surface area contributed by atoms with Gasteiger partial charge in [0.2, 0.25) is 0 Å². The van der Waals surface area contributed by atoms with Crippen molar-refractivity contribution in [2.24, 2.45) is 0 Å². The minimum absolute atomic E-state index is 0.516. The summed E-state index contributed by atoms with van der Waals surface area (Å²) in [6, 6.07) is 0. The molecule has 0 saturated carbocycles. The van der Waals surface area contributed by atoms with Crippen molar-refractivity contribution in [2.75, 3.05) is 0 Å². The molecule has 0 bridgehead atoms. The number of rotatable bonds is 8. The quantitative estimate of drug-likeness (QED) is 0.549. The Bertz CT molecular complexity index is 585. The fourth-order valence-corrected chi connectivity index (χ4v) is 6.28. The number of hydrogen-bond donors (Lipinski definition) is 0. The molecule has 0 N–H and O–H groups in total. The zero-order chi connectivity index (χ0) is 25.9. The predicted octanol–water partition coefficient (Wildman–Crippen LogP) is 5.08. The first-order valence-corrected chi connectivity index (χ1v) is 11.0. The van der Waals surface area contributed by atoms with Crippen molar-refractivity contribution in [2.45, 2.75) is 70.7 Å². The second-order valence-electron chi connectivity index (χ2n) is 2.54. The molecule has 1 heteroatoms. The van der Waals surface area contributed by atoms with Gasteiger partial charge in [-0.15, -0.1) is 0 Å². The van der Waals surface area contributed by atoms with E-state index in [9.17, 15) is 0 Å². The van der Waals surface area contributed by atoms with Gasteiger partial charge in [0, 0.05) is 0 Å². The minimum atomic E-state index is -5.95. The van der Waals surface area contributed by atoms with Crippen molar-refractivity contribution >= 4 is 18.4 Å². The normalized spacial score (nSPS) is 41.1. The van der Waals surface area contributed by atoms with Crippen molar-refractivity contribution in [1.29, 1.82) is 0 Å². The standard InChI is InChI=1S/2C4H9.2C2H5.Sn/c2*1-3-4-2;2*1-2;/h2*1,3-4H2,2H3;2*1H2,2H3;/i2*1D2,2D3,3D2,4D2;;;. The van der Waals surface area contributed by atoms with E-state index >= 15 is 0 Å². The zero-order valence-electron chi connectivity index (χ0n) is 25.9. The maximum atomic E-state index is 8.49. The molecule has 0 aliphatic rings. The summed E-state index contributed by atoms with van der Waals surface area (Å²) in [5, 5.41) is 0. The Morgan fingerprint density at radius 1 is 1.00 bits per heavy atom.